The summed E-state index contributed by atoms with van der Waals surface area (Å²) in [6, 6.07) is 6.79. The summed E-state index contributed by atoms with van der Waals surface area (Å²) in [4.78, 5) is 3.36. The van der Waals surface area contributed by atoms with Crippen LogP contribution in [0.5, 0.6) is 0 Å². The Morgan fingerprint density at radius 1 is 1.36 bits per heavy atom. The Balaban J connectivity index is 1.81. The zero-order valence-electron chi connectivity index (χ0n) is 12.6. The fourth-order valence-corrected chi connectivity index (χ4v) is 4.31. The van der Waals surface area contributed by atoms with Gasteiger partial charge in [0.2, 0.25) is 0 Å². The zero-order chi connectivity index (χ0) is 15.3. The average Bonchev–Trinajstić information content (AvgIpc) is 2.84. The van der Waals surface area contributed by atoms with Crippen molar-refractivity contribution in [3.05, 3.63) is 35.0 Å². The molecule has 0 radical (unpaired) electrons. The van der Waals surface area contributed by atoms with Gasteiger partial charge in [0, 0.05) is 28.6 Å². The van der Waals surface area contributed by atoms with Gasteiger partial charge in [-0.05, 0) is 43.0 Å². The van der Waals surface area contributed by atoms with E-state index in [2.05, 4.69) is 28.5 Å². The Bertz CT molecular complexity index is 825. The third-order valence-electron chi connectivity index (χ3n) is 4.87. The van der Waals surface area contributed by atoms with Gasteiger partial charge in [-0.1, -0.05) is 12.1 Å². The smallest absolute Gasteiger partial charge is 0.264 e. The minimum Gasteiger partial charge on any atom is -0.356 e. The second kappa shape index (κ2) is 5.08. The van der Waals surface area contributed by atoms with Crippen LogP contribution in [0.25, 0.3) is 10.9 Å². The molecule has 1 aromatic heterocycles. The van der Waals surface area contributed by atoms with Gasteiger partial charge in [0.05, 0.1) is 6.26 Å². The average molecular weight is 320 g/mol. The van der Waals surface area contributed by atoms with Crippen LogP contribution in [-0.2, 0) is 27.3 Å². The second-order valence-corrected chi connectivity index (χ2v) is 7.98. The van der Waals surface area contributed by atoms with Gasteiger partial charge in [-0.3, -0.25) is 4.18 Å². The van der Waals surface area contributed by atoms with E-state index in [0.717, 1.165) is 30.4 Å². The summed E-state index contributed by atoms with van der Waals surface area (Å²) in [7, 11) is -3.44. The van der Waals surface area contributed by atoms with E-state index in [-0.39, 0.29) is 6.61 Å². The first-order valence-electron chi connectivity index (χ1n) is 7.73. The van der Waals surface area contributed by atoms with Crippen molar-refractivity contribution < 1.29 is 12.6 Å². The van der Waals surface area contributed by atoms with Gasteiger partial charge in [-0.15, -0.1) is 0 Å². The standard InChI is InChI=1S/C16H20N2O3S/c1-22(19,20)21-9-15-12-8-14-10(5-3-7-17-14)11-4-2-6-13(18-15)16(11)12/h2,4,6,10,14,17-18H,3,5,7-9H2,1H3/t10?,14-/m0/s1. The van der Waals surface area contributed by atoms with E-state index in [1.165, 1.54) is 29.4 Å². The molecule has 0 spiro atoms. The van der Waals surface area contributed by atoms with E-state index in [1.54, 1.807) is 0 Å². The van der Waals surface area contributed by atoms with E-state index in [1.807, 2.05) is 0 Å². The van der Waals surface area contributed by atoms with Crippen molar-refractivity contribution >= 4 is 21.0 Å². The predicted molar refractivity (Wildman–Crippen MR) is 85.4 cm³/mol. The molecule has 2 atom stereocenters. The van der Waals surface area contributed by atoms with Crippen molar-refractivity contribution in [1.29, 1.82) is 0 Å². The number of fused-ring (bicyclic) bond motifs is 2. The van der Waals surface area contributed by atoms with E-state index >= 15 is 0 Å². The lowest BCUT2D eigenvalue weighted by Crippen LogP contribution is -2.43. The first-order chi connectivity index (χ1) is 10.5. The highest BCUT2D eigenvalue weighted by Gasteiger charge is 2.34. The summed E-state index contributed by atoms with van der Waals surface area (Å²) < 4.78 is 27.6. The van der Waals surface area contributed by atoms with Gasteiger partial charge in [0.15, 0.2) is 0 Å². The number of rotatable bonds is 3. The number of aromatic amines is 1. The van der Waals surface area contributed by atoms with Crippen molar-refractivity contribution in [2.24, 2.45) is 0 Å². The van der Waals surface area contributed by atoms with Crippen LogP contribution in [0.3, 0.4) is 0 Å². The van der Waals surface area contributed by atoms with Gasteiger partial charge in [-0.25, -0.2) is 0 Å². The number of hydrogen-bond acceptors (Lipinski definition) is 4. The Morgan fingerprint density at radius 2 is 2.23 bits per heavy atom. The van der Waals surface area contributed by atoms with Crippen LogP contribution in [0.1, 0.15) is 35.6 Å². The van der Waals surface area contributed by atoms with Crippen molar-refractivity contribution in [2.45, 2.75) is 37.8 Å². The molecule has 1 aromatic carbocycles. The largest absolute Gasteiger partial charge is 0.356 e. The molecule has 1 aliphatic carbocycles. The van der Waals surface area contributed by atoms with Crippen molar-refractivity contribution in [3.63, 3.8) is 0 Å². The van der Waals surface area contributed by atoms with Crippen molar-refractivity contribution in [3.8, 4) is 0 Å². The fourth-order valence-electron chi connectivity index (χ4n) is 3.98. The van der Waals surface area contributed by atoms with Crippen molar-refractivity contribution in [2.75, 3.05) is 12.8 Å². The molecular weight excluding hydrogens is 300 g/mol. The van der Waals surface area contributed by atoms with E-state index in [0.29, 0.717) is 12.0 Å². The maximum atomic E-state index is 11.3. The Hall–Kier alpha value is -1.37. The molecule has 2 aliphatic rings. The lowest BCUT2D eigenvalue weighted by molar-refractivity contribution is 0.303. The van der Waals surface area contributed by atoms with Gasteiger partial charge in [0.1, 0.15) is 6.61 Å². The summed E-state index contributed by atoms with van der Waals surface area (Å²) in [5.74, 6) is 0.560. The molecule has 22 heavy (non-hydrogen) atoms. The summed E-state index contributed by atoms with van der Waals surface area (Å²) in [5.41, 5.74) is 4.57. The van der Waals surface area contributed by atoms with Crippen LogP contribution >= 0.6 is 0 Å². The van der Waals surface area contributed by atoms with Crippen LogP contribution in [0.4, 0.5) is 0 Å². The summed E-state index contributed by atoms with van der Waals surface area (Å²) in [6.07, 6.45) is 4.45. The monoisotopic (exact) mass is 320 g/mol. The summed E-state index contributed by atoms with van der Waals surface area (Å²) in [5, 5.41) is 4.90. The van der Waals surface area contributed by atoms with Gasteiger partial charge >= 0.3 is 0 Å². The molecule has 6 heteroatoms. The number of nitrogens with one attached hydrogen (secondary N) is 2. The van der Waals surface area contributed by atoms with Gasteiger partial charge in [-0.2, -0.15) is 8.42 Å². The lowest BCUT2D eigenvalue weighted by atomic mass is 9.75. The highest BCUT2D eigenvalue weighted by atomic mass is 32.2. The topological polar surface area (TPSA) is 71.2 Å². The first kappa shape index (κ1) is 14.2. The summed E-state index contributed by atoms with van der Waals surface area (Å²) >= 11 is 0. The number of aromatic nitrogens is 1. The minimum absolute atomic E-state index is 0.0830. The van der Waals surface area contributed by atoms with Crippen LogP contribution in [0, 0.1) is 0 Å². The quantitative estimate of drug-likeness (QED) is 0.849. The maximum Gasteiger partial charge on any atom is 0.264 e. The first-order valence-corrected chi connectivity index (χ1v) is 9.55. The Labute approximate surface area is 130 Å². The molecule has 1 saturated heterocycles. The summed E-state index contributed by atoms with van der Waals surface area (Å²) in [6.45, 7) is 1.14. The Kier molecular flexibility index (Phi) is 3.29. The zero-order valence-corrected chi connectivity index (χ0v) is 13.4. The SMILES string of the molecule is CS(=O)(=O)OCc1[nH]c2cccc3c2c1C[C@@H]1NCCCC31. The van der Waals surface area contributed by atoms with E-state index in [9.17, 15) is 8.42 Å². The normalized spacial score (nSPS) is 24.4. The van der Waals surface area contributed by atoms with E-state index in [4.69, 9.17) is 4.18 Å². The molecule has 1 aliphatic heterocycles. The maximum absolute atomic E-state index is 11.3. The van der Waals surface area contributed by atoms with Crippen LogP contribution in [0.15, 0.2) is 18.2 Å². The number of benzene rings is 1. The highest BCUT2D eigenvalue weighted by molar-refractivity contribution is 7.85. The van der Waals surface area contributed by atoms with Gasteiger partial charge in [0.25, 0.3) is 10.1 Å². The van der Waals surface area contributed by atoms with Crippen molar-refractivity contribution in [1.82, 2.24) is 10.3 Å². The predicted octanol–water partition coefficient (Wildman–Crippen LogP) is 2.04. The van der Waals surface area contributed by atoms with Crippen LogP contribution in [-0.4, -0.2) is 32.2 Å². The molecule has 4 rings (SSSR count). The molecular formula is C16H20N2O3S. The minimum atomic E-state index is -3.44. The molecule has 1 fully saturated rings. The van der Waals surface area contributed by atoms with E-state index < -0.39 is 10.1 Å². The highest BCUT2D eigenvalue weighted by Crippen LogP contribution is 2.42. The lowest BCUT2D eigenvalue weighted by Gasteiger charge is -2.37. The molecule has 5 nitrogen and oxygen atoms in total. The van der Waals surface area contributed by atoms with Crippen LogP contribution < -0.4 is 5.32 Å². The second-order valence-electron chi connectivity index (χ2n) is 6.33. The number of hydrogen-bond donors (Lipinski definition) is 2. The molecule has 0 amide bonds. The third-order valence-corrected chi connectivity index (χ3v) is 5.42. The van der Waals surface area contributed by atoms with Gasteiger partial charge < -0.3 is 10.3 Å². The molecule has 2 aromatic rings. The third kappa shape index (κ3) is 2.35. The molecule has 2 N–H and O–H groups in total. The Morgan fingerprint density at radius 3 is 3.05 bits per heavy atom. The molecule has 118 valence electrons. The molecule has 0 bridgehead atoms. The molecule has 1 unspecified atom stereocenters. The number of H-pyrrole nitrogens is 1. The molecule has 0 saturated carbocycles. The van der Waals surface area contributed by atoms with Crippen LogP contribution in [0.2, 0.25) is 0 Å². The number of piperidine rings is 1. The molecule has 2 heterocycles. The fraction of sp³-hybridized carbons (Fsp3) is 0.500.